The fraction of sp³-hybridized carbons (Fsp3) is 0.533. The van der Waals surface area contributed by atoms with Gasteiger partial charge in [0.1, 0.15) is 17.3 Å². The lowest BCUT2D eigenvalue weighted by molar-refractivity contribution is 0.458. The first-order valence-electron chi connectivity index (χ1n) is 7.08. The summed E-state index contributed by atoms with van der Waals surface area (Å²) in [4.78, 5) is 4.36. The Morgan fingerprint density at radius 1 is 1.47 bits per heavy atom. The van der Waals surface area contributed by atoms with Gasteiger partial charge in [-0.15, -0.1) is 0 Å². The monoisotopic (exact) mass is 259 g/mol. The molecular weight excluding hydrogens is 238 g/mol. The lowest BCUT2D eigenvalue weighted by atomic mass is 10.2. The van der Waals surface area contributed by atoms with E-state index in [0.717, 1.165) is 36.9 Å². The molecule has 1 aliphatic carbocycles. The fourth-order valence-corrected chi connectivity index (χ4v) is 2.35. The van der Waals surface area contributed by atoms with Crippen molar-refractivity contribution in [2.75, 3.05) is 0 Å². The van der Waals surface area contributed by atoms with Crippen molar-refractivity contribution in [2.45, 2.75) is 52.2 Å². The second-order valence-corrected chi connectivity index (χ2v) is 5.27. The van der Waals surface area contributed by atoms with E-state index >= 15 is 0 Å². The molecule has 1 N–H and O–H groups in total. The minimum atomic E-state index is 0.717. The number of rotatable bonds is 6. The average molecular weight is 259 g/mol. The maximum atomic E-state index is 5.82. The number of nitrogens with one attached hydrogen (secondary N) is 1. The van der Waals surface area contributed by atoms with Gasteiger partial charge in [0, 0.05) is 30.4 Å². The second kappa shape index (κ2) is 5.21. The highest BCUT2D eigenvalue weighted by molar-refractivity contribution is 5.22. The zero-order valence-electron chi connectivity index (χ0n) is 11.6. The van der Waals surface area contributed by atoms with Gasteiger partial charge in [-0.05, 0) is 25.8 Å². The van der Waals surface area contributed by atoms with Gasteiger partial charge in [-0.25, -0.2) is 4.98 Å². The van der Waals surface area contributed by atoms with Crippen molar-refractivity contribution in [3.05, 3.63) is 41.4 Å². The molecular formula is C15H21N3O. The van der Waals surface area contributed by atoms with Gasteiger partial charge in [0.15, 0.2) is 0 Å². The van der Waals surface area contributed by atoms with Crippen molar-refractivity contribution in [3.8, 4) is 0 Å². The van der Waals surface area contributed by atoms with Crippen LogP contribution in [0.4, 0.5) is 0 Å². The summed E-state index contributed by atoms with van der Waals surface area (Å²) in [6.45, 7) is 5.86. The zero-order valence-corrected chi connectivity index (χ0v) is 11.6. The van der Waals surface area contributed by atoms with Crippen molar-refractivity contribution < 1.29 is 4.42 Å². The number of aromatic nitrogens is 2. The van der Waals surface area contributed by atoms with Gasteiger partial charge in [0.2, 0.25) is 0 Å². The third-order valence-electron chi connectivity index (χ3n) is 3.67. The zero-order chi connectivity index (χ0) is 13.2. The summed E-state index contributed by atoms with van der Waals surface area (Å²) in [5.41, 5.74) is 1.25. The Morgan fingerprint density at radius 2 is 2.32 bits per heavy atom. The summed E-state index contributed by atoms with van der Waals surface area (Å²) in [6.07, 6.45) is 7.47. The molecule has 1 aliphatic rings. The maximum Gasteiger partial charge on any atom is 0.118 e. The summed E-state index contributed by atoms with van der Waals surface area (Å²) >= 11 is 0. The molecule has 102 valence electrons. The first-order chi connectivity index (χ1) is 9.26. The lowest BCUT2D eigenvalue weighted by Crippen LogP contribution is -2.14. The van der Waals surface area contributed by atoms with Gasteiger partial charge in [-0.1, -0.05) is 6.92 Å². The van der Waals surface area contributed by atoms with E-state index in [-0.39, 0.29) is 0 Å². The Bertz CT molecular complexity index is 551. The molecule has 2 heterocycles. The van der Waals surface area contributed by atoms with Crippen LogP contribution in [-0.4, -0.2) is 15.6 Å². The molecule has 1 fully saturated rings. The van der Waals surface area contributed by atoms with E-state index in [4.69, 9.17) is 4.42 Å². The van der Waals surface area contributed by atoms with Crippen molar-refractivity contribution in [2.24, 2.45) is 0 Å². The van der Waals surface area contributed by atoms with E-state index in [9.17, 15) is 0 Å². The molecule has 1 saturated carbocycles. The quantitative estimate of drug-likeness (QED) is 0.867. The number of furan rings is 1. The second-order valence-electron chi connectivity index (χ2n) is 5.27. The van der Waals surface area contributed by atoms with Gasteiger partial charge in [0.25, 0.3) is 0 Å². The minimum Gasteiger partial charge on any atom is -0.465 e. The van der Waals surface area contributed by atoms with Crippen LogP contribution >= 0.6 is 0 Å². The molecule has 4 nitrogen and oxygen atoms in total. The highest BCUT2D eigenvalue weighted by Crippen LogP contribution is 2.21. The number of hydrogen-bond donors (Lipinski definition) is 1. The number of imidazole rings is 1. The van der Waals surface area contributed by atoms with Crippen LogP contribution in [0.2, 0.25) is 0 Å². The Balaban J connectivity index is 1.69. The van der Waals surface area contributed by atoms with E-state index in [2.05, 4.69) is 27.9 Å². The largest absolute Gasteiger partial charge is 0.465 e. The molecule has 0 spiro atoms. The van der Waals surface area contributed by atoms with Crippen molar-refractivity contribution in [1.82, 2.24) is 14.9 Å². The number of nitrogens with zero attached hydrogens (tertiary/aromatic N) is 2. The Morgan fingerprint density at radius 3 is 3.05 bits per heavy atom. The van der Waals surface area contributed by atoms with Crippen LogP contribution in [0.25, 0.3) is 0 Å². The molecule has 0 radical (unpaired) electrons. The van der Waals surface area contributed by atoms with Gasteiger partial charge >= 0.3 is 0 Å². The fourth-order valence-electron chi connectivity index (χ4n) is 2.35. The first-order valence-corrected chi connectivity index (χ1v) is 7.08. The Hall–Kier alpha value is -1.55. The molecule has 2 aromatic rings. The van der Waals surface area contributed by atoms with E-state index in [1.807, 2.05) is 19.3 Å². The van der Waals surface area contributed by atoms with Gasteiger partial charge in [-0.2, -0.15) is 0 Å². The molecule has 0 unspecified atom stereocenters. The number of hydrogen-bond acceptors (Lipinski definition) is 3. The van der Waals surface area contributed by atoms with Crippen molar-refractivity contribution in [3.63, 3.8) is 0 Å². The molecule has 0 atom stereocenters. The van der Waals surface area contributed by atoms with Gasteiger partial charge < -0.3 is 14.3 Å². The maximum absolute atomic E-state index is 5.82. The summed E-state index contributed by atoms with van der Waals surface area (Å²) in [5.74, 6) is 3.18. The molecule has 0 aliphatic heterocycles. The molecule has 0 amide bonds. The molecule has 19 heavy (non-hydrogen) atoms. The Kier molecular flexibility index (Phi) is 3.42. The lowest BCUT2D eigenvalue weighted by Gasteiger charge is -2.04. The average Bonchev–Trinajstić information content (AvgIpc) is 3.02. The van der Waals surface area contributed by atoms with Crippen LogP contribution in [0.3, 0.4) is 0 Å². The first kappa shape index (κ1) is 12.5. The summed E-state index contributed by atoms with van der Waals surface area (Å²) in [7, 11) is 0. The topological polar surface area (TPSA) is 43.0 Å². The normalized spacial score (nSPS) is 15.1. The van der Waals surface area contributed by atoms with Crippen LogP contribution in [0.5, 0.6) is 0 Å². The van der Waals surface area contributed by atoms with Crippen LogP contribution < -0.4 is 5.32 Å². The predicted molar refractivity (Wildman–Crippen MR) is 74.0 cm³/mol. The standard InChI is InChI=1S/C15H21N3O/c1-3-15-16-6-7-18(15)10-12-8-14(19-11(12)2)9-17-13-4-5-13/h6-8,13,17H,3-5,9-10H2,1-2H3. The van der Waals surface area contributed by atoms with E-state index in [0.29, 0.717) is 6.04 Å². The van der Waals surface area contributed by atoms with Gasteiger partial charge in [-0.3, -0.25) is 0 Å². The number of aryl methyl sites for hydroxylation is 2. The van der Waals surface area contributed by atoms with Crippen molar-refractivity contribution >= 4 is 0 Å². The molecule has 4 heteroatoms. The highest BCUT2D eigenvalue weighted by atomic mass is 16.3. The van der Waals surface area contributed by atoms with Crippen LogP contribution in [0.15, 0.2) is 22.9 Å². The highest BCUT2D eigenvalue weighted by Gasteiger charge is 2.21. The van der Waals surface area contributed by atoms with E-state index in [1.54, 1.807) is 0 Å². The SMILES string of the molecule is CCc1nccn1Cc1cc(CNC2CC2)oc1C. The summed E-state index contributed by atoms with van der Waals surface area (Å²) < 4.78 is 8.01. The van der Waals surface area contributed by atoms with Crippen molar-refractivity contribution in [1.29, 1.82) is 0 Å². The third kappa shape index (κ3) is 2.89. The molecule has 0 bridgehead atoms. The predicted octanol–water partition coefficient (Wildman–Crippen LogP) is 2.65. The minimum absolute atomic E-state index is 0.717. The Labute approximate surface area is 113 Å². The summed E-state index contributed by atoms with van der Waals surface area (Å²) in [6, 6.07) is 2.89. The van der Waals surface area contributed by atoms with Gasteiger partial charge in [0.05, 0.1) is 13.1 Å². The van der Waals surface area contributed by atoms with E-state index < -0.39 is 0 Å². The summed E-state index contributed by atoms with van der Waals surface area (Å²) in [5, 5.41) is 3.48. The smallest absolute Gasteiger partial charge is 0.118 e. The molecule has 0 aromatic carbocycles. The van der Waals surface area contributed by atoms with Crippen LogP contribution in [0.1, 0.15) is 42.7 Å². The third-order valence-corrected chi connectivity index (χ3v) is 3.67. The van der Waals surface area contributed by atoms with Crippen LogP contribution in [0, 0.1) is 6.92 Å². The molecule has 3 rings (SSSR count). The van der Waals surface area contributed by atoms with Crippen LogP contribution in [-0.2, 0) is 19.5 Å². The molecule has 2 aromatic heterocycles. The molecule has 0 saturated heterocycles. The van der Waals surface area contributed by atoms with E-state index in [1.165, 1.54) is 18.4 Å².